The molecule has 3 aromatic carbocycles. The number of carbonyl (C=O) groups is 3. The fourth-order valence-electron chi connectivity index (χ4n) is 4.39. The summed E-state index contributed by atoms with van der Waals surface area (Å²) < 4.78 is 11.0. The van der Waals surface area contributed by atoms with E-state index >= 15 is 0 Å². The van der Waals surface area contributed by atoms with Gasteiger partial charge in [0.2, 0.25) is 6.41 Å². The molecule has 0 spiro atoms. The quantitative estimate of drug-likeness (QED) is 0.397. The van der Waals surface area contributed by atoms with Crippen molar-refractivity contribution >= 4 is 18.3 Å². The van der Waals surface area contributed by atoms with E-state index in [0.717, 1.165) is 22.3 Å². The molecule has 4 rings (SSSR count). The van der Waals surface area contributed by atoms with E-state index in [9.17, 15) is 14.4 Å². The van der Waals surface area contributed by atoms with Crippen LogP contribution in [-0.2, 0) is 23.9 Å². The van der Waals surface area contributed by atoms with Gasteiger partial charge in [-0.15, -0.1) is 0 Å². The molecule has 6 heteroatoms. The Morgan fingerprint density at radius 3 is 2.06 bits per heavy atom. The van der Waals surface area contributed by atoms with Crippen LogP contribution in [0.15, 0.2) is 78.9 Å². The maximum absolute atomic E-state index is 13.2. The predicted molar refractivity (Wildman–Crippen MR) is 123 cm³/mol. The lowest BCUT2D eigenvalue weighted by Gasteiger charge is -2.26. The van der Waals surface area contributed by atoms with Crippen LogP contribution in [-0.4, -0.2) is 31.0 Å². The van der Waals surface area contributed by atoms with E-state index in [4.69, 9.17) is 9.47 Å². The number of benzene rings is 3. The van der Waals surface area contributed by atoms with Gasteiger partial charge >= 0.3 is 11.9 Å². The fraction of sp³-hybridized carbons (Fsp3) is 0.222. The summed E-state index contributed by atoms with van der Waals surface area (Å²) in [6.45, 7) is 1.81. The van der Waals surface area contributed by atoms with E-state index in [2.05, 4.69) is 17.4 Å². The summed E-state index contributed by atoms with van der Waals surface area (Å²) in [4.78, 5) is 37.0. The molecule has 3 aromatic rings. The van der Waals surface area contributed by atoms with Gasteiger partial charge in [-0.3, -0.25) is 9.59 Å². The van der Waals surface area contributed by atoms with Gasteiger partial charge in [-0.05, 0) is 34.7 Å². The predicted octanol–water partition coefficient (Wildman–Crippen LogP) is 4.15. The lowest BCUT2D eigenvalue weighted by Crippen LogP contribution is -2.44. The van der Waals surface area contributed by atoms with E-state index < -0.39 is 24.1 Å². The van der Waals surface area contributed by atoms with Crippen molar-refractivity contribution in [2.45, 2.75) is 31.4 Å². The average molecular weight is 443 g/mol. The fourth-order valence-corrected chi connectivity index (χ4v) is 4.39. The molecular formula is C27H25NO5. The van der Waals surface area contributed by atoms with Crippen molar-refractivity contribution in [2.24, 2.45) is 0 Å². The number of esters is 2. The normalized spacial score (nSPS) is 13.8. The van der Waals surface area contributed by atoms with Crippen LogP contribution in [0, 0.1) is 0 Å². The first kappa shape index (κ1) is 22.3. The van der Waals surface area contributed by atoms with Gasteiger partial charge in [-0.25, -0.2) is 4.79 Å². The number of fused-ring (bicyclic) bond motifs is 3. The molecule has 168 valence electrons. The van der Waals surface area contributed by atoms with Gasteiger partial charge in [0.05, 0.1) is 13.0 Å². The smallest absolute Gasteiger partial charge is 0.332 e. The van der Waals surface area contributed by atoms with Gasteiger partial charge in [-0.2, -0.15) is 0 Å². The van der Waals surface area contributed by atoms with Gasteiger partial charge in [0.1, 0.15) is 0 Å². The minimum Gasteiger partial charge on any atom is -0.464 e. The third kappa shape index (κ3) is 4.65. The van der Waals surface area contributed by atoms with Gasteiger partial charge in [0.25, 0.3) is 0 Å². The molecule has 0 radical (unpaired) electrons. The van der Waals surface area contributed by atoms with E-state index in [1.807, 2.05) is 42.5 Å². The highest BCUT2D eigenvalue weighted by Gasteiger charge is 2.36. The molecule has 1 amide bonds. The standard InChI is InChI=1S/C27H25NO5/c1-2-32-27(31)25(28-17-29)26(18-10-4-3-5-11-18)33-24(30)16-23-21-14-8-6-12-19(21)20-13-7-9-15-22(20)23/h3-15,17,23,25-26H,2,16H2,1H3,(H,28,29)/t25-,26-/m0/s1. The van der Waals surface area contributed by atoms with Crippen LogP contribution in [0.3, 0.4) is 0 Å². The van der Waals surface area contributed by atoms with Crippen LogP contribution >= 0.6 is 0 Å². The number of rotatable bonds is 9. The minimum absolute atomic E-state index is 0.105. The number of ether oxygens (including phenoxy) is 2. The van der Waals surface area contributed by atoms with Crippen molar-refractivity contribution in [3.8, 4) is 11.1 Å². The number of amides is 1. The van der Waals surface area contributed by atoms with E-state index in [-0.39, 0.29) is 18.9 Å². The lowest BCUT2D eigenvalue weighted by molar-refractivity contribution is -0.159. The minimum atomic E-state index is -1.16. The van der Waals surface area contributed by atoms with Crippen molar-refractivity contribution in [3.63, 3.8) is 0 Å². The highest BCUT2D eigenvalue weighted by Crippen LogP contribution is 2.46. The van der Waals surface area contributed by atoms with Crippen molar-refractivity contribution < 1.29 is 23.9 Å². The zero-order valence-corrected chi connectivity index (χ0v) is 18.3. The molecule has 0 fully saturated rings. The third-order valence-electron chi connectivity index (χ3n) is 5.81. The monoisotopic (exact) mass is 443 g/mol. The molecule has 2 atom stereocenters. The summed E-state index contributed by atoms with van der Waals surface area (Å²) in [6, 6.07) is 23.8. The molecule has 0 unspecified atom stereocenters. The largest absolute Gasteiger partial charge is 0.464 e. The first-order chi connectivity index (χ1) is 16.1. The Balaban J connectivity index is 1.61. The van der Waals surface area contributed by atoms with E-state index in [1.54, 1.807) is 31.2 Å². The summed E-state index contributed by atoms with van der Waals surface area (Å²) in [6.07, 6.45) is -0.502. The SMILES string of the molecule is CCOC(=O)[C@@H](NC=O)[C@@H](OC(=O)CC1c2ccccc2-c2ccccc21)c1ccccc1. The molecule has 0 saturated carbocycles. The van der Waals surface area contributed by atoms with Crippen LogP contribution in [0.4, 0.5) is 0 Å². The van der Waals surface area contributed by atoms with Gasteiger partial charge < -0.3 is 14.8 Å². The Kier molecular flexibility index (Phi) is 6.83. The van der Waals surface area contributed by atoms with E-state index in [1.165, 1.54) is 0 Å². The van der Waals surface area contributed by atoms with Crippen LogP contribution in [0.5, 0.6) is 0 Å². The molecule has 0 heterocycles. The first-order valence-corrected chi connectivity index (χ1v) is 10.9. The summed E-state index contributed by atoms with van der Waals surface area (Å²) in [5.41, 5.74) is 4.94. The molecule has 1 aliphatic rings. The highest BCUT2D eigenvalue weighted by atomic mass is 16.6. The molecule has 33 heavy (non-hydrogen) atoms. The Hall–Kier alpha value is -3.93. The highest BCUT2D eigenvalue weighted by molar-refractivity contribution is 5.83. The molecule has 6 nitrogen and oxygen atoms in total. The van der Waals surface area contributed by atoms with E-state index in [0.29, 0.717) is 12.0 Å². The number of hydrogen-bond acceptors (Lipinski definition) is 5. The van der Waals surface area contributed by atoms with Crippen LogP contribution < -0.4 is 5.32 Å². The topological polar surface area (TPSA) is 81.7 Å². The molecule has 0 bridgehead atoms. The molecule has 0 aliphatic heterocycles. The molecule has 1 aliphatic carbocycles. The third-order valence-corrected chi connectivity index (χ3v) is 5.81. The van der Waals surface area contributed by atoms with Gasteiger partial charge in [0, 0.05) is 5.92 Å². The Morgan fingerprint density at radius 1 is 0.909 bits per heavy atom. The van der Waals surface area contributed by atoms with Gasteiger partial charge in [-0.1, -0.05) is 78.9 Å². The van der Waals surface area contributed by atoms with Gasteiger partial charge in [0.15, 0.2) is 12.1 Å². The van der Waals surface area contributed by atoms with Crippen LogP contribution in [0.1, 0.15) is 42.1 Å². The Morgan fingerprint density at radius 2 is 1.48 bits per heavy atom. The van der Waals surface area contributed by atoms with Crippen LogP contribution in [0.2, 0.25) is 0 Å². The summed E-state index contributed by atoms with van der Waals surface area (Å²) >= 11 is 0. The molecular weight excluding hydrogens is 418 g/mol. The number of nitrogens with one attached hydrogen (secondary N) is 1. The Labute approximate surface area is 192 Å². The second kappa shape index (κ2) is 10.1. The second-order valence-electron chi connectivity index (χ2n) is 7.77. The number of hydrogen-bond donors (Lipinski definition) is 1. The summed E-state index contributed by atoms with van der Waals surface area (Å²) in [7, 11) is 0. The number of carbonyl (C=O) groups excluding carboxylic acids is 3. The molecule has 0 aromatic heterocycles. The van der Waals surface area contributed by atoms with Crippen molar-refractivity contribution in [1.82, 2.24) is 5.32 Å². The van der Waals surface area contributed by atoms with Crippen LogP contribution in [0.25, 0.3) is 11.1 Å². The lowest BCUT2D eigenvalue weighted by atomic mass is 9.93. The zero-order chi connectivity index (χ0) is 23.2. The van der Waals surface area contributed by atoms with Crippen molar-refractivity contribution in [1.29, 1.82) is 0 Å². The van der Waals surface area contributed by atoms with Crippen molar-refractivity contribution in [3.05, 3.63) is 95.6 Å². The molecule has 0 saturated heterocycles. The average Bonchev–Trinajstić information content (AvgIpc) is 3.16. The summed E-state index contributed by atoms with van der Waals surface area (Å²) in [5, 5.41) is 2.46. The van der Waals surface area contributed by atoms with Crippen molar-refractivity contribution in [2.75, 3.05) is 6.61 Å². The maximum Gasteiger partial charge on any atom is 0.332 e. The molecule has 1 N–H and O–H groups in total. The first-order valence-electron chi connectivity index (χ1n) is 10.9. The maximum atomic E-state index is 13.2. The zero-order valence-electron chi connectivity index (χ0n) is 18.3. The summed E-state index contributed by atoms with van der Waals surface area (Å²) in [5.74, 6) is -1.29. The second-order valence-corrected chi connectivity index (χ2v) is 7.77. The Bertz CT molecular complexity index is 1100.